The van der Waals surface area contributed by atoms with Gasteiger partial charge in [0.05, 0.1) is 33.4 Å². The largest absolute Gasteiger partial charge is 0.298 e. The molecule has 0 aliphatic rings. The van der Waals surface area contributed by atoms with E-state index in [4.69, 9.17) is 0 Å². The number of carbonyl (C=O) groups is 1. The van der Waals surface area contributed by atoms with Crippen LogP contribution in [-0.2, 0) is 0 Å². The maximum atomic E-state index is 12.7. The van der Waals surface area contributed by atoms with Crippen molar-refractivity contribution in [2.45, 2.75) is 11.8 Å². The molecule has 130 valence electrons. The van der Waals surface area contributed by atoms with Crippen molar-refractivity contribution in [1.82, 2.24) is 14.8 Å². The lowest BCUT2D eigenvalue weighted by molar-refractivity contribution is 0.102. The van der Waals surface area contributed by atoms with Crippen molar-refractivity contribution >= 4 is 44.4 Å². The molecular formula is C19H16N4OS2. The van der Waals surface area contributed by atoms with Crippen molar-refractivity contribution in [2.75, 3.05) is 11.6 Å². The van der Waals surface area contributed by atoms with Gasteiger partial charge >= 0.3 is 0 Å². The van der Waals surface area contributed by atoms with Crippen LogP contribution in [0.5, 0.6) is 0 Å². The minimum atomic E-state index is -0.200. The second-order valence-electron chi connectivity index (χ2n) is 5.70. The number of anilines is 1. The number of rotatable bonds is 4. The predicted octanol–water partition coefficient (Wildman–Crippen LogP) is 4.76. The molecule has 0 spiro atoms. The fraction of sp³-hybridized carbons (Fsp3) is 0.105. The minimum Gasteiger partial charge on any atom is -0.298 e. The first kappa shape index (κ1) is 16.8. The number of hydrogen-bond donors (Lipinski definition) is 1. The van der Waals surface area contributed by atoms with E-state index in [-0.39, 0.29) is 5.91 Å². The maximum Gasteiger partial charge on any atom is 0.260 e. The van der Waals surface area contributed by atoms with Crippen molar-refractivity contribution in [3.8, 4) is 5.69 Å². The van der Waals surface area contributed by atoms with Crippen LogP contribution < -0.4 is 5.32 Å². The van der Waals surface area contributed by atoms with Crippen molar-refractivity contribution in [1.29, 1.82) is 0 Å². The van der Waals surface area contributed by atoms with Crippen LogP contribution in [0.3, 0.4) is 0 Å². The first-order valence-electron chi connectivity index (χ1n) is 8.01. The van der Waals surface area contributed by atoms with E-state index >= 15 is 0 Å². The molecule has 1 N–H and O–H groups in total. The highest BCUT2D eigenvalue weighted by molar-refractivity contribution is 7.98. The number of hydrogen-bond acceptors (Lipinski definition) is 5. The van der Waals surface area contributed by atoms with Crippen LogP contribution in [0.4, 0.5) is 5.13 Å². The van der Waals surface area contributed by atoms with Crippen LogP contribution >= 0.6 is 23.1 Å². The van der Waals surface area contributed by atoms with E-state index in [0.29, 0.717) is 10.7 Å². The number of aromatic nitrogens is 3. The van der Waals surface area contributed by atoms with Crippen LogP contribution in [0, 0.1) is 6.92 Å². The van der Waals surface area contributed by atoms with Crippen molar-refractivity contribution in [2.24, 2.45) is 0 Å². The van der Waals surface area contributed by atoms with E-state index in [1.165, 1.54) is 16.2 Å². The Hall–Kier alpha value is -2.64. The minimum absolute atomic E-state index is 0.200. The molecule has 5 nitrogen and oxygen atoms in total. The van der Waals surface area contributed by atoms with E-state index in [2.05, 4.69) is 21.5 Å². The number of amides is 1. The molecule has 2 aromatic carbocycles. The summed E-state index contributed by atoms with van der Waals surface area (Å²) in [5.41, 5.74) is 3.14. The Morgan fingerprint density at radius 3 is 2.77 bits per heavy atom. The second kappa shape index (κ2) is 6.93. The Balaban J connectivity index is 1.60. The highest BCUT2D eigenvalue weighted by Crippen LogP contribution is 2.29. The quantitative estimate of drug-likeness (QED) is 0.518. The topological polar surface area (TPSA) is 59.8 Å². The lowest BCUT2D eigenvalue weighted by Gasteiger charge is -2.05. The van der Waals surface area contributed by atoms with Crippen LogP contribution in [-0.4, -0.2) is 26.9 Å². The van der Waals surface area contributed by atoms with Gasteiger partial charge in [-0.2, -0.15) is 5.10 Å². The number of para-hydroxylation sites is 1. The number of carbonyl (C=O) groups excluding carboxylic acids is 1. The third-order valence-electron chi connectivity index (χ3n) is 4.07. The van der Waals surface area contributed by atoms with Gasteiger partial charge in [-0.05, 0) is 43.5 Å². The lowest BCUT2D eigenvalue weighted by Crippen LogP contribution is -2.12. The summed E-state index contributed by atoms with van der Waals surface area (Å²) < 4.78 is 2.82. The van der Waals surface area contributed by atoms with Crippen molar-refractivity contribution in [3.63, 3.8) is 0 Å². The summed E-state index contributed by atoms with van der Waals surface area (Å²) in [6.45, 7) is 1.89. The van der Waals surface area contributed by atoms with Crippen LogP contribution in [0.1, 0.15) is 16.1 Å². The van der Waals surface area contributed by atoms with Gasteiger partial charge in [0.25, 0.3) is 5.91 Å². The van der Waals surface area contributed by atoms with Gasteiger partial charge in [-0.3, -0.25) is 10.1 Å². The molecule has 0 radical (unpaired) electrons. The van der Waals surface area contributed by atoms with E-state index in [1.54, 1.807) is 22.6 Å². The molecule has 0 saturated carbocycles. The Morgan fingerprint density at radius 2 is 2.00 bits per heavy atom. The molecule has 0 fully saturated rings. The number of fused-ring (bicyclic) bond motifs is 1. The Morgan fingerprint density at radius 1 is 1.19 bits per heavy atom. The standard InChI is InChI=1S/C19H16N4OS2/c1-12-15(11-20-23(12)13-6-4-3-5-7-13)18(24)22-19-21-16-9-8-14(25-2)10-17(16)26-19/h3-11H,1-2H3,(H,21,22,24). The first-order chi connectivity index (χ1) is 12.7. The second-order valence-corrected chi connectivity index (χ2v) is 7.61. The van der Waals surface area contributed by atoms with E-state index in [0.717, 1.165) is 21.6 Å². The Labute approximate surface area is 159 Å². The van der Waals surface area contributed by atoms with Gasteiger partial charge in [0.15, 0.2) is 5.13 Å². The van der Waals surface area contributed by atoms with E-state index in [1.807, 2.05) is 55.6 Å². The molecule has 7 heteroatoms. The lowest BCUT2D eigenvalue weighted by atomic mass is 10.2. The molecule has 0 bridgehead atoms. The van der Waals surface area contributed by atoms with E-state index < -0.39 is 0 Å². The molecule has 0 unspecified atom stereocenters. The average molecular weight is 380 g/mol. The van der Waals surface area contributed by atoms with E-state index in [9.17, 15) is 4.79 Å². The van der Waals surface area contributed by atoms with Crippen molar-refractivity contribution in [3.05, 3.63) is 66.0 Å². The van der Waals surface area contributed by atoms with Crippen LogP contribution in [0.25, 0.3) is 15.9 Å². The van der Waals surface area contributed by atoms with Crippen molar-refractivity contribution < 1.29 is 4.79 Å². The third kappa shape index (κ3) is 3.11. The maximum absolute atomic E-state index is 12.7. The molecule has 0 aliphatic heterocycles. The smallest absolute Gasteiger partial charge is 0.260 e. The van der Waals surface area contributed by atoms with Crippen LogP contribution in [0.2, 0.25) is 0 Å². The molecule has 4 rings (SSSR count). The number of benzene rings is 2. The fourth-order valence-corrected chi connectivity index (χ4v) is 4.13. The molecular weight excluding hydrogens is 364 g/mol. The monoisotopic (exact) mass is 380 g/mol. The summed E-state index contributed by atoms with van der Waals surface area (Å²) in [4.78, 5) is 18.4. The Kier molecular flexibility index (Phi) is 4.48. The number of thioether (sulfide) groups is 1. The van der Waals surface area contributed by atoms with Gasteiger partial charge in [-0.25, -0.2) is 9.67 Å². The average Bonchev–Trinajstić information content (AvgIpc) is 3.24. The molecule has 26 heavy (non-hydrogen) atoms. The van der Waals surface area contributed by atoms with Gasteiger partial charge in [0.1, 0.15) is 0 Å². The molecule has 2 heterocycles. The summed E-state index contributed by atoms with van der Waals surface area (Å²) in [5, 5.41) is 7.84. The fourth-order valence-electron chi connectivity index (χ4n) is 2.71. The normalized spacial score (nSPS) is 11.0. The molecule has 0 saturated heterocycles. The number of nitrogens with one attached hydrogen (secondary N) is 1. The summed E-state index contributed by atoms with van der Waals surface area (Å²) in [6.07, 6.45) is 3.63. The SMILES string of the molecule is CSc1ccc2nc(NC(=O)c3cnn(-c4ccccc4)c3C)sc2c1. The van der Waals surface area contributed by atoms with Gasteiger partial charge in [0.2, 0.25) is 0 Å². The molecule has 0 atom stereocenters. The first-order valence-corrected chi connectivity index (χ1v) is 10.1. The molecule has 0 aliphatic carbocycles. The molecule has 2 aromatic heterocycles. The van der Waals surface area contributed by atoms with Crippen LogP contribution in [0.15, 0.2) is 59.6 Å². The van der Waals surface area contributed by atoms with Gasteiger partial charge in [0, 0.05) is 4.90 Å². The molecule has 1 amide bonds. The third-order valence-corrected chi connectivity index (χ3v) is 5.73. The highest BCUT2D eigenvalue weighted by Gasteiger charge is 2.17. The zero-order valence-corrected chi connectivity index (χ0v) is 15.9. The zero-order chi connectivity index (χ0) is 18.1. The summed E-state index contributed by atoms with van der Waals surface area (Å²) >= 11 is 3.16. The van der Waals surface area contributed by atoms with Gasteiger partial charge in [-0.15, -0.1) is 11.8 Å². The van der Waals surface area contributed by atoms with Gasteiger partial charge in [-0.1, -0.05) is 29.5 Å². The predicted molar refractivity (Wildman–Crippen MR) is 108 cm³/mol. The summed E-state index contributed by atoms with van der Waals surface area (Å²) in [7, 11) is 0. The zero-order valence-electron chi connectivity index (χ0n) is 14.3. The van der Waals surface area contributed by atoms with Gasteiger partial charge < -0.3 is 0 Å². The Bertz CT molecular complexity index is 1090. The number of nitrogens with zero attached hydrogens (tertiary/aromatic N) is 3. The summed E-state index contributed by atoms with van der Waals surface area (Å²) in [6, 6.07) is 15.9. The molecule has 4 aromatic rings. The number of thiazole rings is 1. The summed E-state index contributed by atoms with van der Waals surface area (Å²) in [5.74, 6) is -0.200. The highest BCUT2D eigenvalue weighted by atomic mass is 32.2.